The number of carbonyl (C=O) groups is 2. The second kappa shape index (κ2) is 7.09. The van der Waals surface area contributed by atoms with E-state index in [9.17, 15) is 9.59 Å². The van der Waals surface area contributed by atoms with Crippen LogP contribution in [0.4, 0.5) is 5.69 Å². The third-order valence-corrected chi connectivity index (χ3v) is 4.14. The molecule has 2 N–H and O–H groups in total. The minimum Gasteiger partial charge on any atom is -0.344 e. The van der Waals surface area contributed by atoms with Gasteiger partial charge >= 0.3 is 0 Å². The summed E-state index contributed by atoms with van der Waals surface area (Å²) in [5, 5.41) is 5.60. The van der Waals surface area contributed by atoms with Gasteiger partial charge in [0, 0.05) is 24.0 Å². The van der Waals surface area contributed by atoms with Crippen molar-refractivity contribution in [3.8, 4) is 5.69 Å². The molecule has 0 fully saturated rings. The third-order valence-electron chi connectivity index (χ3n) is 4.14. The van der Waals surface area contributed by atoms with E-state index in [1.165, 1.54) is 6.92 Å². The van der Waals surface area contributed by atoms with E-state index in [4.69, 9.17) is 0 Å². The lowest BCUT2D eigenvalue weighted by molar-refractivity contribution is -0.127. The molecule has 2 amide bonds. The second-order valence-electron chi connectivity index (χ2n) is 7.32. The number of imidazole rings is 1. The van der Waals surface area contributed by atoms with Gasteiger partial charge in [-0.3, -0.25) is 9.59 Å². The fraction of sp³-hybridized carbons (Fsp3) is 0.421. The average molecular weight is 342 g/mol. The number of nitrogens with zero attached hydrogens (tertiary/aromatic N) is 2. The van der Waals surface area contributed by atoms with Gasteiger partial charge in [0.25, 0.3) is 0 Å². The van der Waals surface area contributed by atoms with E-state index in [0.29, 0.717) is 5.69 Å². The van der Waals surface area contributed by atoms with E-state index in [-0.39, 0.29) is 17.2 Å². The molecule has 1 aromatic heterocycles. The molecule has 0 spiro atoms. The van der Waals surface area contributed by atoms with Crippen molar-refractivity contribution in [2.75, 3.05) is 5.32 Å². The predicted molar refractivity (Wildman–Crippen MR) is 98.7 cm³/mol. The van der Waals surface area contributed by atoms with E-state index in [1.807, 2.05) is 63.5 Å². The molecular formula is C19H26N4O2. The normalized spacial score (nSPS) is 12.6. The van der Waals surface area contributed by atoms with E-state index >= 15 is 0 Å². The lowest BCUT2D eigenvalue weighted by Gasteiger charge is -2.30. The SMILES string of the molecule is CC(=O)N[C@@H](C(=O)Nc1ccc(-n2cnc(C)c2C)cc1)C(C)(C)C. The summed E-state index contributed by atoms with van der Waals surface area (Å²) >= 11 is 0. The molecule has 0 radical (unpaired) electrons. The van der Waals surface area contributed by atoms with Gasteiger partial charge in [-0.15, -0.1) is 0 Å². The molecule has 0 saturated heterocycles. The van der Waals surface area contributed by atoms with Crippen LogP contribution in [-0.2, 0) is 9.59 Å². The molecular weight excluding hydrogens is 316 g/mol. The Hall–Kier alpha value is -2.63. The first-order chi connectivity index (χ1) is 11.6. The van der Waals surface area contributed by atoms with Crippen LogP contribution in [0.5, 0.6) is 0 Å². The van der Waals surface area contributed by atoms with Gasteiger partial charge in [-0.25, -0.2) is 4.98 Å². The van der Waals surface area contributed by atoms with Crippen LogP contribution in [0, 0.1) is 19.3 Å². The van der Waals surface area contributed by atoms with Crippen LogP contribution in [0.25, 0.3) is 5.69 Å². The molecule has 0 unspecified atom stereocenters. The van der Waals surface area contributed by atoms with Gasteiger partial charge in [-0.1, -0.05) is 20.8 Å². The Bertz CT molecular complexity index is 770. The predicted octanol–water partition coefficient (Wildman–Crippen LogP) is 2.98. The molecule has 1 aromatic carbocycles. The number of rotatable bonds is 4. The van der Waals surface area contributed by atoms with Gasteiger partial charge in [-0.05, 0) is 43.5 Å². The Morgan fingerprint density at radius 2 is 1.72 bits per heavy atom. The number of nitrogens with one attached hydrogen (secondary N) is 2. The molecule has 0 saturated carbocycles. The number of carbonyl (C=O) groups excluding carboxylic acids is 2. The van der Waals surface area contributed by atoms with Crippen molar-refractivity contribution in [3.05, 3.63) is 42.0 Å². The standard InChI is InChI=1S/C19H26N4O2/c1-12-13(2)23(11-20-12)16-9-7-15(8-10-16)22-18(25)17(19(4,5)6)21-14(3)24/h7-11,17H,1-6H3,(H,21,24)(H,22,25)/t17-/m0/s1. The first-order valence-electron chi connectivity index (χ1n) is 8.28. The maximum Gasteiger partial charge on any atom is 0.247 e. The van der Waals surface area contributed by atoms with Crippen molar-refractivity contribution >= 4 is 17.5 Å². The van der Waals surface area contributed by atoms with Crippen LogP contribution >= 0.6 is 0 Å². The number of anilines is 1. The summed E-state index contributed by atoms with van der Waals surface area (Å²) in [6.07, 6.45) is 1.78. The van der Waals surface area contributed by atoms with Crippen LogP contribution in [-0.4, -0.2) is 27.4 Å². The number of benzene rings is 1. The highest BCUT2D eigenvalue weighted by molar-refractivity contribution is 5.97. The summed E-state index contributed by atoms with van der Waals surface area (Å²) in [4.78, 5) is 28.3. The first-order valence-corrected chi connectivity index (χ1v) is 8.28. The van der Waals surface area contributed by atoms with Gasteiger partial charge < -0.3 is 15.2 Å². The molecule has 1 atom stereocenters. The zero-order valence-corrected chi connectivity index (χ0v) is 15.7. The van der Waals surface area contributed by atoms with Gasteiger partial charge in [-0.2, -0.15) is 0 Å². The van der Waals surface area contributed by atoms with Crippen molar-refractivity contribution in [1.82, 2.24) is 14.9 Å². The van der Waals surface area contributed by atoms with E-state index in [0.717, 1.165) is 17.1 Å². The molecule has 2 rings (SSSR count). The summed E-state index contributed by atoms with van der Waals surface area (Å²) in [6.45, 7) is 11.1. The Morgan fingerprint density at radius 3 is 2.16 bits per heavy atom. The van der Waals surface area contributed by atoms with Crippen molar-refractivity contribution < 1.29 is 9.59 Å². The van der Waals surface area contributed by atoms with Gasteiger partial charge in [0.05, 0.1) is 12.0 Å². The molecule has 0 aliphatic carbocycles. The third kappa shape index (κ3) is 4.47. The van der Waals surface area contributed by atoms with Crippen molar-refractivity contribution in [2.45, 2.75) is 47.6 Å². The first kappa shape index (κ1) is 18.7. The summed E-state index contributed by atoms with van der Waals surface area (Å²) in [5.41, 5.74) is 3.34. The number of hydrogen-bond donors (Lipinski definition) is 2. The minimum atomic E-state index is -0.608. The Kier molecular flexibility index (Phi) is 5.30. The minimum absolute atomic E-state index is 0.226. The van der Waals surface area contributed by atoms with Crippen LogP contribution in [0.2, 0.25) is 0 Å². The van der Waals surface area contributed by atoms with E-state index in [1.54, 1.807) is 6.33 Å². The largest absolute Gasteiger partial charge is 0.344 e. The number of amides is 2. The molecule has 0 aliphatic rings. The molecule has 0 aliphatic heterocycles. The number of aromatic nitrogens is 2. The highest BCUT2D eigenvalue weighted by atomic mass is 16.2. The zero-order valence-electron chi connectivity index (χ0n) is 15.7. The van der Waals surface area contributed by atoms with Gasteiger partial charge in [0.2, 0.25) is 11.8 Å². The van der Waals surface area contributed by atoms with E-state index in [2.05, 4.69) is 15.6 Å². The molecule has 134 valence electrons. The molecule has 6 heteroatoms. The summed E-state index contributed by atoms with van der Waals surface area (Å²) < 4.78 is 2.00. The van der Waals surface area contributed by atoms with Crippen LogP contribution in [0.1, 0.15) is 39.1 Å². The highest BCUT2D eigenvalue weighted by Crippen LogP contribution is 2.22. The number of aryl methyl sites for hydroxylation is 1. The maximum atomic E-state index is 12.6. The fourth-order valence-electron chi connectivity index (χ4n) is 2.56. The topological polar surface area (TPSA) is 76.0 Å². The highest BCUT2D eigenvalue weighted by Gasteiger charge is 2.32. The average Bonchev–Trinajstić information content (AvgIpc) is 2.84. The lowest BCUT2D eigenvalue weighted by atomic mass is 9.86. The zero-order chi connectivity index (χ0) is 18.8. The Morgan fingerprint density at radius 1 is 1.12 bits per heavy atom. The van der Waals surface area contributed by atoms with Crippen molar-refractivity contribution in [1.29, 1.82) is 0 Å². The van der Waals surface area contributed by atoms with Crippen LogP contribution in [0.15, 0.2) is 30.6 Å². The lowest BCUT2D eigenvalue weighted by Crippen LogP contribution is -2.50. The van der Waals surface area contributed by atoms with Crippen molar-refractivity contribution in [2.24, 2.45) is 5.41 Å². The van der Waals surface area contributed by atoms with Crippen LogP contribution < -0.4 is 10.6 Å². The summed E-state index contributed by atoms with van der Waals surface area (Å²) in [6, 6.07) is 6.93. The molecule has 2 aromatic rings. The second-order valence-corrected chi connectivity index (χ2v) is 7.32. The number of hydrogen-bond acceptors (Lipinski definition) is 3. The fourth-order valence-corrected chi connectivity index (χ4v) is 2.56. The summed E-state index contributed by atoms with van der Waals surface area (Å²) in [5.74, 6) is -0.457. The molecule has 25 heavy (non-hydrogen) atoms. The molecule has 0 bridgehead atoms. The molecule has 6 nitrogen and oxygen atoms in total. The van der Waals surface area contributed by atoms with Gasteiger partial charge in [0.1, 0.15) is 6.04 Å². The quantitative estimate of drug-likeness (QED) is 0.897. The summed E-state index contributed by atoms with van der Waals surface area (Å²) in [7, 11) is 0. The smallest absolute Gasteiger partial charge is 0.247 e. The maximum absolute atomic E-state index is 12.6. The van der Waals surface area contributed by atoms with E-state index < -0.39 is 6.04 Å². The van der Waals surface area contributed by atoms with Gasteiger partial charge in [0.15, 0.2) is 0 Å². The Labute approximate surface area is 148 Å². The monoisotopic (exact) mass is 342 g/mol. The van der Waals surface area contributed by atoms with Crippen molar-refractivity contribution in [3.63, 3.8) is 0 Å². The van der Waals surface area contributed by atoms with Crippen LogP contribution in [0.3, 0.4) is 0 Å². The molecule has 1 heterocycles. The Balaban J connectivity index is 2.16.